The second-order valence-electron chi connectivity index (χ2n) is 8.18. The quantitative estimate of drug-likeness (QED) is 0.767. The van der Waals surface area contributed by atoms with Gasteiger partial charge in [0.1, 0.15) is 11.6 Å². The normalized spacial score (nSPS) is 21.7. The molecule has 0 saturated carbocycles. The third kappa shape index (κ3) is 3.78. The lowest BCUT2D eigenvalue weighted by Gasteiger charge is -2.43. The Kier molecular flexibility index (Phi) is 5.37. The van der Waals surface area contributed by atoms with Crippen LogP contribution in [0.1, 0.15) is 11.1 Å². The minimum atomic E-state index is -0.696. The van der Waals surface area contributed by atoms with Gasteiger partial charge in [-0.3, -0.25) is 9.80 Å². The van der Waals surface area contributed by atoms with Crippen LogP contribution < -0.4 is 9.64 Å². The number of hydrogen-bond acceptors (Lipinski definition) is 6. The lowest BCUT2D eigenvalue weighted by atomic mass is 9.94. The summed E-state index contributed by atoms with van der Waals surface area (Å²) in [6.07, 6.45) is 0. The molecule has 0 aliphatic carbocycles. The number of methoxy groups -OCH3 is 1. The topological polar surface area (TPSA) is 37.4 Å². The Bertz CT molecular complexity index is 878. The molecule has 0 radical (unpaired) electrons. The van der Waals surface area contributed by atoms with Gasteiger partial charge in [0, 0.05) is 44.0 Å². The molecule has 0 N–H and O–H groups in total. The summed E-state index contributed by atoms with van der Waals surface area (Å²) in [5, 5.41) is 0. The molecule has 160 valence electrons. The highest BCUT2D eigenvalue weighted by molar-refractivity contribution is 5.46. The molecule has 2 saturated heterocycles. The van der Waals surface area contributed by atoms with Gasteiger partial charge in [-0.25, -0.2) is 4.39 Å². The highest BCUT2D eigenvalue weighted by Gasteiger charge is 2.45. The van der Waals surface area contributed by atoms with E-state index in [0.717, 1.165) is 56.4 Å². The van der Waals surface area contributed by atoms with Crippen LogP contribution in [0, 0.1) is 5.82 Å². The van der Waals surface area contributed by atoms with E-state index in [-0.39, 0.29) is 5.82 Å². The number of benzene rings is 2. The number of halogens is 1. The predicted molar refractivity (Wildman–Crippen MR) is 112 cm³/mol. The van der Waals surface area contributed by atoms with Crippen LogP contribution >= 0.6 is 0 Å². The van der Waals surface area contributed by atoms with Crippen molar-refractivity contribution in [1.29, 1.82) is 0 Å². The molecule has 3 aliphatic rings. The summed E-state index contributed by atoms with van der Waals surface area (Å²) in [6.45, 7) is 7.49. The zero-order valence-corrected chi connectivity index (χ0v) is 17.3. The summed E-state index contributed by atoms with van der Waals surface area (Å²) in [6, 6.07) is 13.0. The van der Waals surface area contributed by atoms with E-state index >= 15 is 0 Å². The van der Waals surface area contributed by atoms with E-state index in [0.29, 0.717) is 19.8 Å². The van der Waals surface area contributed by atoms with Crippen LogP contribution in [-0.2, 0) is 21.8 Å². The molecular formula is C23H28FN3O3. The Morgan fingerprint density at radius 2 is 1.70 bits per heavy atom. The largest absolute Gasteiger partial charge is 0.497 e. The Morgan fingerprint density at radius 3 is 2.40 bits per heavy atom. The molecule has 3 heterocycles. The molecule has 5 rings (SSSR count). The molecule has 0 bridgehead atoms. The summed E-state index contributed by atoms with van der Waals surface area (Å²) in [5.74, 6) is -0.0545. The average molecular weight is 413 g/mol. The van der Waals surface area contributed by atoms with Crippen LogP contribution in [0.3, 0.4) is 0 Å². The van der Waals surface area contributed by atoms with Gasteiger partial charge >= 0.3 is 0 Å². The molecule has 3 aliphatic heterocycles. The summed E-state index contributed by atoms with van der Waals surface area (Å²) in [5.41, 5.74) is 3.41. The van der Waals surface area contributed by atoms with Gasteiger partial charge in [-0.2, -0.15) is 0 Å². The SMILES string of the molecule is COc1ccc2c(c1)C1(CN(CN3CCN(c4ccc(F)cc4)CC3)C2)OCCO1. The summed E-state index contributed by atoms with van der Waals surface area (Å²) in [7, 11) is 1.69. The van der Waals surface area contributed by atoms with Crippen molar-refractivity contribution in [1.82, 2.24) is 9.80 Å². The fourth-order valence-corrected chi connectivity index (χ4v) is 4.74. The van der Waals surface area contributed by atoms with Gasteiger partial charge in [-0.1, -0.05) is 6.07 Å². The number of ether oxygens (including phenoxy) is 3. The van der Waals surface area contributed by atoms with Gasteiger partial charge in [0.05, 0.1) is 33.5 Å². The smallest absolute Gasteiger partial charge is 0.208 e. The van der Waals surface area contributed by atoms with Crippen LogP contribution in [0.4, 0.5) is 10.1 Å². The zero-order chi connectivity index (χ0) is 20.6. The van der Waals surface area contributed by atoms with Crippen molar-refractivity contribution >= 4 is 5.69 Å². The minimum Gasteiger partial charge on any atom is -0.497 e. The summed E-state index contributed by atoms with van der Waals surface area (Å²) in [4.78, 5) is 7.20. The fraction of sp³-hybridized carbons (Fsp3) is 0.478. The average Bonchev–Trinajstić information content (AvgIpc) is 3.23. The Morgan fingerprint density at radius 1 is 0.967 bits per heavy atom. The lowest BCUT2D eigenvalue weighted by Crippen LogP contribution is -2.54. The van der Waals surface area contributed by atoms with Crippen molar-refractivity contribution in [3.8, 4) is 5.75 Å². The van der Waals surface area contributed by atoms with E-state index in [2.05, 4.69) is 26.8 Å². The van der Waals surface area contributed by atoms with E-state index in [1.54, 1.807) is 7.11 Å². The van der Waals surface area contributed by atoms with Gasteiger partial charge < -0.3 is 19.1 Å². The fourth-order valence-electron chi connectivity index (χ4n) is 4.74. The molecule has 30 heavy (non-hydrogen) atoms. The van der Waals surface area contributed by atoms with Crippen LogP contribution in [0.5, 0.6) is 5.75 Å². The molecule has 6 nitrogen and oxygen atoms in total. The third-order valence-corrected chi connectivity index (χ3v) is 6.27. The molecule has 2 aromatic rings. The second-order valence-corrected chi connectivity index (χ2v) is 8.18. The molecular weight excluding hydrogens is 385 g/mol. The Labute approximate surface area is 176 Å². The van der Waals surface area contributed by atoms with Gasteiger partial charge in [-0.05, 0) is 42.0 Å². The Hall–Kier alpha value is -2.19. The monoisotopic (exact) mass is 413 g/mol. The first kappa shape index (κ1) is 19.8. The van der Waals surface area contributed by atoms with Crippen LogP contribution in [0.25, 0.3) is 0 Å². The highest BCUT2D eigenvalue weighted by atomic mass is 19.1. The molecule has 2 aromatic carbocycles. The van der Waals surface area contributed by atoms with Crippen LogP contribution in [0.15, 0.2) is 42.5 Å². The summed E-state index contributed by atoms with van der Waals surface area (Å²) >= 11 is 0. The van der Waals surface area contributed by atoms with Gasteiger partial charge in [0.15, 0.2) is 0 Å². The second kappa shape index (κ2) is 8.15. The molecule has 0 amide bonds. The molecule has 0 atom stereocenters. The maximum atomic E-state index is 13.2. The number of fused-ring (bicyclic) bond motifs is 2. The van der Waals surface area contributed by atoms with Crippen LogP contribution in [-0.4, -0.2) is 69.5 Å². The number of rotatable bonds is 4. The first-order valence-corrected chi connectivity index (χ1v) is 10.6. The molecule has 0 unspecified atom stereocenters. The number of nitrogens with zero attached hydrogens (tertiary/aromatic N) is 3. The zero-order valence-electron chi connectivity index (χ0n) is 17.3. The maximum Gasteiger partial charge on any atom is 0.208 e. The number of anilines is 1. The highest BCUT2D eigenvalue weighted by Crippen LogP contribution is 2.40. The van der Waals surface area contributed by atoms with E-state index in [9.17, 15) is 4.39 Å². The molecule has 0 aromatic heterocycles. The van der Waals surface area contributed by atoms with Gasteiger partial charge in [0.2, 0.25) is 5.79 Å². The molecule has 7 heteroatoms. The summed E-state index contributed by atoms with van der Waals surface area (Å²) < 4.78 is 30.9. The number of piperazine rings is 1. The lowest BCUT2D eigenvalue weighted by molar-refractivity contribution is -0.191. The molecule has 1 spiro atoms. The van der Waals surface area contributed by atoms with E-state index in [4.69, 9.17) is 14.2 Å². The van der Waals surface area contributed by atoms with Gasteiger partial charge in [0.25, 0.3) is 0 Å². The third-order valence-electron chi connectivity index (χ3n) is 6.27. The molecule has 2 fully saturated rings. The maximum absolute atomic E-state index is 13.2. The van der Waals surface area contributed by atoms with Crippen molar-refractivity contribution in [2.45, 2.75) is 12.3 Å². The van der Waals surface area contributed by atoms with Crippen molar-refractivity contribution < 1.29 is 18.6 Å². The first-order chi connectivity index (χ1) is 14.6. The van der Waals surface area contributed by atoms with E-state index in [1.165, 1.54) is 17.7 Å². The van der Waals surface area contributed by atoms with Crippen LogP contribution in [0.2, 0.25) is 0 Å². The first-order valence-electron chi connectivity index (χ1n) is 10.6. The minimum absolute atomic E-state index is 0.189. The standard InChI is InChI=1S/C23H28FN3O3/c1-28-21-7-2-18-15-26(16-23(22(18)14-21)29-12-13-30-23)17-25-8-10-27(11-9-25)20-5-3-19(24)4-6-20/h2-7,14H,8-13,15-17H2,1H3. The van der Waals surface area contributed by atoms with E-state index in [1.807, 2.05) is 18.2 Å². The number of hydrogen-bond donors (Lipinski definition) is 0. The van der Waals surface area contributed by atoms with E-state index < -0.39 is 5.79 Å². The predicted octanol–water partition coefficient (Wildman–Crippen LogP) is 2.63. The van der Waals surface area contributed by atoms with Gasteiger partial charge in [-0.15, -0.1) is 0 Å². The van der Waals surface area contributed by atoms with Crippen molar-refractivity contribution in [3.05, 3.63) is 59.4 Å². The van der Waals surface area contributed by atoms with Crippen molar-refractivity contribution in [3.63, 3.8) is 0 Å². The van der Waals surface area contributed by atoms with Crippen molar-refractivity contribution in [2.75, 3.05) is 64.6 Å². The van der Waals surface area contributed by atoms with Crippen molar-refractivity contribution in [2.24, 2.45) is 0 Å². The Balaban J connectivity index is 1.25.